The van der Waals surface area contributed by atoms with Crippen LogP contribution in [-0.2, 0) is 14.8 Å². The summed E-state index contributed by atoms with van der Waals surface area (Å²) in [5.74, 6) is 0. The smallest absolute Gasteiger partial charge is 0.324 e. The van der Waals surface area contributed by atoms with Crippen LogP contribution >= 0.6 is 0 Å². The SMILES string of the molecule is O=[C]NS(=O)(=O)c1ccon1. The summed E-state index contributed by atoms with van der Waals surface area (Å²) in [6.07, 6.45) is 2.11. The molecule has 1 radical (unpaired) electrons. The lowest BCUT2D eigenvalue weighted by Crippen LogP contribution is -2.21. The third kappa shape index (κ3) is 1.55. The average molecular weight is 175 g/mol. The summed E-state index contributed by atoms with van der Waals surface area (Å²) in [5.41, 5.74) is 0. The monoisotopic (exact) mass is 175 g/mol. The first-order valence-corrected chi connectivity index (χ1v) is 3.94. The molecule has 0 saturated carbocycles. The van der Waals surface area contributed by atoms with E-state index in [-0.39, 0.29) is 5.03 Å². The zero-order valence-corrected chi connectivity index (χ0v) is 5.96. The number of hydrogen-bond donors (Lipinski definition) is 1. The largest absolute Gasteiger partial charge is 0.363 e. The third-order valence-corrected chi connectivity index (χ3v) is 1.98. The second kappa shape index (κ2) is 2.70. The number of amides is 1. The summed E-state index contributed by atoms with van der Waals surface area (Å²) in [6.45, 7) is 0. The summed E-state index contributed by atoms with van der Waals surface area (Å²) in [5, 5.41) is 2.76. The van der Waals surface area contributed by atoms with Crippen molar-refractivity contribution in [2.24, 2.45) is 0 Å². The zero-order chi connectivity index (χ0) is 8.32. The van der Waals surface area contributed by atoms with E-state index in [9.17, 15) is 13.2 Å². The van der Waals surface area contributed by atoms with Crippen LogP contribution in [0.25, 0.3) is 0 Å². The number of nitrogens with zero attached hydrogens (tertiary/aromatic N) is 1. The molecule has 0 aliphatic rings. The number of hydrogen-bond acceptors (Lipinski definition) is 5. The quantitative estimate of drug-likeness (QED) is 0.596. The summed E-state index contributed by atoms with van der Waals surface area (Å²) in [4.78, 5) is 9.64. The predicted octanol–water partition coefficient (Wildman–Crippen LogP) is -0.980. The maximum Gasteiger partial charge on any atom is 0.324 e. The fourth-order valence-electron chi connectivity index (χ4n) is 0.447. The van der Waals surface area contributed by atoms with Gasteiger partial charge in [0.05, 0.1) is 0 Å². The molecule has 0 aromatic carbocycles. The lowest BCUT2D eigenvalue weighted by Gasteiger charge is -1.92. The molecule has 1 rings (SSSR count). The van der Waals surface area contributed by atoms with Gasteiger partial charge in [-0.05, 0) is 0 Å². The van der Waals surface area contributed by atoms with Gasteiger partial charge in [-0.3, -0.25) is 4.79 Å². The van der Waals surface area contributed by atoms with Crippen molar-refractivity contribution in [1.29, 1.82) is 0 Å². The maximum absolute atomic E-state index is 10.8. The molecule has 1 aromatic rings. The first-order chi connectivity index (χ1) is 5.17. The number of sulfonamides is 1. The molecule has 0 bridgehead atoms. The van der Waals surface area contributed by atoms with Crippen LogP contribution in [0.4, 0.5) is 0 Å². The van der Waals surface area contributed by atoms with E-state index in [1.165, 1.54) is 4.72 Å². The van der Waals surface area contributed by atoms with Gasteiger partial charge in [0.25, 0.3) is 10.0 Å². The van der Waals surface area contributed by atoms with E-state index in [0.717, 1.165) is 18.7 Å². The third-order valence-electron chi connectivity index (χ3n) is 0.866. The number of aromatic nitrogens is 1. The molecule has 0 spiro atoms. The summed E-state index contributed by atoms with van der Waals surface area (Å²) < 4.78 is 27.3. The number of carbonyl (C=O) groups excluding carboxylic acids is 1. The molecule has 0 unspecified atom stereocenters. The first-order valence-electron chi connectivity index (χ1n) is 2.46. The second-order valence-electron chi connectivity index (χ2n) is 1.55. The van der Waals surface area contributed by atoms with Gasteiger partial charge in [-0.2, -0.15) is 8.42 Å². The summed E-state index contributed by atoms with van der Waals surface area (Å²) in [6, 6.07) is 1.11. The molecule has 0 aliphatic carbocycles. The molecule has 11 heavy (non-hydrogen) atoms. The Morgan fingerprint density at radius 2 is 2.36 bits per heavy atom. The van der Waals surface area contributed by atoms with Gasteiger partial charge in [0.1, 0.15) is 6.26 Å². The van der Waals surface area contributed by atoms with Gasteiger partial charge in [0.15, 0.2) is 0 Å². The van der Waals surface area contributed by atoms with Crippen LogP contribution in [0, 0.1) is 0 Å². The van der Waals surface area contributed by atoms with Crippen molar-refractivity contribution >= 4 is 16.4 Å². The Hall–Kier alpha value is -1.37. The standard InChI is InChI=1S/C4H3N2O4S/c7-3-5-11(8,9)4-1-2-10-6-4/h1-2H,(H,5,7). The fraction of sp³-hybridized carbons (Fsp3) is 0. The van der Waals surface area contributed by atoms with E-state index in [2.05, 4.69) is 9.68 Å². The molecule has 1 aromatic heterocycles. The van der Waals surface area contributed by atoms with Crippen LogP contribution < -0.4 is 4.72 Å². The van der Waals surface area contributed by atoms with Gasteiger partial charge in [0, 0.05) is 6.07 Å². The molecule has 7 heteroatoms. The van der Waals surface area contributed by atoms with Crippen molar-refractivity contribution < 1.29 is 17.7 Å². The lowest BCUT2D eigenvalue weighted by atomic mass is 10.8. The minimum atomic E-state index is -3.85. The maximum atomic E-state index is 10.8. The van der Waals surface area contributed by atoms with Crippen LogP contribution in [0.5, 0.6) is 0 Å². The Labute approximate surface area is 62.2 Å². The van der Waals surface area contributed by atoms with Crippen molar-refractivity contribution in [3.63, 3.8) is 0 Å². The van der Waals surface area contributed by atoms with Crippen molar-refractivity contribution in [2.75, 3.05) is 0 Å². The minimum absolute atomic E-state index is 0.346. The second-order valence-corrected chi connectivity index (χ2v) is 3.17. The molecular weight excluding hydrogens is 172 g/mol. The normalized spacial score (nSPS) is 10.9. The van der Waals surface area contributed by atoms with Crippen LogP contribution in [-0.4, -0.2) is 20.0 Å². The topological polar surface area (TPSA) is 89.3 Å². The van der Waals surface area contributed by atoms with Gasteiger partial charge in [-0.1, -0.05) is 5.16 Å². The van der Waals surface area contributed by atoms with Crippen molar-refractivity contribution in [1.82, 2.24) is 9.88 Å². The molecule has 0 aliphatic heterocycles. The zero-order valence-electron chi connectivity index (χ0n) is 5.14. The summed E-state index contributed by atoms with van der Waals surface area (Å²) >= 11 is 0. The molecule has 1 N–H and O–H groups in total. The molecular formula is C4H3N2O4S. The molecule has 6 nitrogen and oxygen atoms in total. The van der Waals surface area contributed by atoms with Crippen LogP contribution in [0.1, 0.15) is 0 Å². The average Bonchev–Trinajstić information content (AvgIpc) is 2.37. The fourth-order valence-corrected chi connectivity index (χ4v) is 1.04. The Morgan fingerprint density at radius 3 is 2.82 bits per heavy atom. The highest BCUT2D eigenvalue weighted by atomic mass is 32.2. The highest BCUT2D eigenvalue weighted by Gasteiger charge is 2.15. The lowest BCUT2D eigenvalue weighted by molar-refractivity contribution is 0.400. The Bertz CT molecular complexity index is 327. The van der Waals surface area contributed by atoms with Gasteiger partial charge in [-0.25, -0.2) is 4.72 Å². The number of nitrogens with one attached hydrogen (secondary N) is 1. The van der Waals surface area contributed by atoms with E-state index in [4.69, 9.17) is 0 Å². The van der Waals surface area contributed by atoms with Crippen LogP contribution in [0.2, 0.25) is 0 Å². The van der Waals surface area contributed by atoms with Crippen LogP contribution in [0.15, 0.2) is 21.9 Å². The Morgan fingerprint density at radius 1 is 1.64 bits per heavy atom. The van der Waals surface area contributed by atoms with E-state index >= 15 is 0 Å². The number of rotatable bonds is 3. The summed E-state index contributed by atoms with van der Waals surface area (Å²) in [7, 11) is -3.85. The molecule has 1 amide bonds. The highest BCUT2D eigenvalue weighted by molar-refractivity contribution is 7.89. The Kier molecular flexibility index (Phi) is 1.90. The van der Waals surface area contributed by atoms with Crippen LogP contribution in [0.3, 0.4) is 0 Å². The van der Waals surface area contributed by atoms with Gasteiger partial charge < -0.3 is 4.52 Å². The van der Waals surface area contributed by atoms with E-state index in [1.54, 1.807) is 0 Å². The van der Waals surface area contributed by atoms with Gasteiger partial charge >= 0.3 is 6.41 Å². The predicted molar refractivity (Wildman–Crippen MR) is 32.5 cm³/mol. The molecule has 59 valence electrons. The van der Waals surface area contributed by atoms with E-state index in [0.29, 0.717) is 0 Å². The van der Waals surface area contributed by atoms with Gasteiger partial charge in [-0.15, -0.1) is 0 Å². The molecule has 0 saturated heterocycles. The minimum Gasteiger partial charge on any atom is -0.363 e. The van der Waals surface area contributed by atoms with Crippen molar-refractivity contribution in [2.45, 2.75) is 5.03 Å². The Balaban J connectivity index is 3.01. The highest BCUT2D eigenvalue weighted by Crippen LogP contribution is 2.01. The van der Waals surface area contributed by atoms with E-state index in [1.807, 2.05) is 0 Å². The van der Waals surface area contributed by atoms with E-state index < -0.39 is 10.0 Å². The molecule has 0 fully saturated rings. The van der Waals surface area contributed by atoms with Gasteiger partial charge in [0.2, 0.25) is 5.03 Å². The van der Waals surface area contributed by atoms with Crippen molar-refractivity contribution in [3.8, 4) is 0 Å². The molecule has 0 atom stereocenters. The molecule has 1 heterocycles. The first kappa shape index (κ1) is 7.73. The van der Waals surface area contributed by atoms with Crippen molar-refractivity contribution in [3.05, 3.63) is 12.3 Å².